The van der Waals surface area contributed by atoms with Gasteiger partial charge < -0.3 is 10.1 Å². The van der Waals surface area contributed by atoms with Gasteiger partial charge in [0.05, 0.1) is 5.56 Å². The zero-order chi connectivity index (χ0) is 19.6. The maximum Gasteiger partial charge on any atom is 0.199 e. The number of nitrogens with one attached hydrogen (secondary N) is 1. The van der Waals surface area contributed by atoms with Crippen molar-refractivity contribution >= 4 is 5.78 Å². The predicted molar refractivity (Wildman–Crippen MR) is 98.5 cm³/mol. The molecule has 0 amide bonds. The molecule has 0 spiro atoms. The van der Waals surface area contributed by atoms with Crippen molar-refractivity contribution in [3.8, 4) is 5.75 Å². The molecule has 0 radical (unpaired) electrons. The Bertz CT molecular complexity index is 814. The number of ketones is 1. The minimum absolute atomic E-state index is 0.0511. The van der Waals surface area contributed by atoms with Crippen LogP contribution in [0.15, 0.2) is 61.2 Å². The minimum atomic E-state index is -0.993. The summed E-state index contributed by atoms with van der Waals surface area (Å²) in [6.07, 6.45) is 6.27. The number of hydrogen-bond acceptors (Lipinski definition) is 3. The van der Waals surface area contributed by atoms with Crippen LogP contribution in [-0.2, 0) is 0 Å². The van der Waals surface area contributed by atoms with Gasteiger partial charge in [0.2, 0.25) is 0 Å². The van der Waals surface area contributed by atoms with Crippen molar-refractivity contribution in [3.05, 3.63) is 89.8 Å². The highest BCUT2D eigenvalue weighted by Gasteiger charge is 2.20. The van der Waals surface area contributed by atoms with Crippen molar-refractivity contribution in [1.82, 2.24) is 5.32 Å². The number of carbonyl (C=O) groups excluding carboxylic acids is 1. The van der Waals surface area contributed by atoms with Crippen molar-refractivity contribution in [2.75, 3.05) is 19.7 Å². The SMILES string of the molecule is C=CCCNCC=CCOc1ccc(C(=O)c2c(F)cccc2F)cc1F. The fraction of sp³-hybridized carbons (Fsp3) is 0.190. The van der Waals surface area contributed by atoms with E-state index in [-0.39, 0.29) is 17.9 Å². The molecule has 0 heterocycles. The summed E-state index contributed by atoms with van der Waals surface area (Å²) in [6, 6.07) is 6.54. The van der Waals surface area contributed by atoms with Gasteiger partial charge in [-0.05, 0) is 43.3 Å². The molecule has 0 aromatic heterocycles. The monoisotopic (exact) mass is 375 g/mol. The third-order valence-electron chi connectivity index (χ3n) is 3.67. The van der Waals surface area contributed by atoms with Gasteiger partial charge in [0.15, 0.2) is 17.3 Å². The molecule has 0 fully saturated rings. The molecule has 0 bridgehead atoms. The lowest BCUT2D eigenvalue weighted by atomic mass is 10.0. The summed E-state index contributed by atoms with van der Waals surface area (Å²) in [5.74, 6) is -3.75. The van der Waals surface area contributed by atoms with Crippen LogP contribution >= 0.6 is 0 Å². The lowest BCUT2D eigenvalue weighted by Crippen LogP contribution is -2.14. The van der Waals surface area contributed by atoms with Crippen LogP contribution in [0.5, 0.6) is 5.75 Å². The van der Waals surface area contributed by atoms with E-state index >= 15 is 0 Å². The second kappa shape index (κ2) is 10.3. The fourth-order valence-corrected chi connectivity index (χ4v) is 2.30. The van der Waals surface area contributed by atoms with E-state index in [0.717, 1.165) is 37.2 Å². The Morgan fingerprint density at radius 2 is 1.81 bits per heavy atom. The summed E-state index contributed by atoms with van der Waals surface area (Å²) in [7, 11) is 0. The summed E-state index contributed by atoms with van der Waals surface area (Å²) in [5.41, 5.74) is -0.872. The Labute approximate surface area is 156 Å². The molecule has 0 atom stereocenters. The van der Waals surface area contributed by atoms with Crippen molar-refractivity contribution in [1.29, 1.82) is 0 Å². The number of hydrogen-bond donors (Lipinski definition) is 1. The van der Waals surface area contributed by atoms with E-state index in [0.29, 0.717) is 6.54 Å². The van der Waals surface area contributed by atoms with Gasteiger partial charge in [0, 0.05) is 12.1 Å². The highest BCUT2D eigenvalue weighted by molar-refractivity contribution is 6.09. The first-order valence-corrected chi connectivity index (χ1v) is 8.42. The van der Waals surface area contributed by atoms with Gasteiger partial charge in [0.25, 0.3) is 0 Å². The Morgan fingerprint density at radius 1 is 1.07 bits per heavy atom. The van der Waals surface area contributed by atoms with Crippen LogP contribution in [-0.4, -0.2) is 25.5 Å². The molecule has 0 saturated carbocycles. The second-order valence-corrected chi connectivity index (χ2v) is 5.63. The molecule has 142 valence electrons. The van der Waals surface area contributed by atoms with Crippen LogP contribution in [0.3, 0.4) is 0 Å². The largest absolute Gasteiger partial charge is 0.486 e. The van der Waals surface area contributed by atoms with Crippen LogP contribution in [0.25, 0.3) is 0 Å². The van der Waals surface area contributed by atoms with Gasteiger partial charge in [-0.3, -0.25) is 4.79 Å². The fourth-order valence-electron chi connectivity index (χ4n) is 2.30. The summed E-state index contributed by atoms with van der Waals surface area (Å²) in [5, 5.41) is 3.15. The zero-order valence-corrected chi connectivity index (χ0v) is 14.7. The van der Waals surface area contributed by atoms with Crippen LogP contribution in [0.4, 0.5) is 13.2 Å². The number of halogens is 3. The van der Waals surface area contributed by atoms with E-state index in [4.69, 9.17) is 4.74 Å². The van der Waals surface area contributed by atoms with E-state index < -0.39 is 28.8 Å². The van der Waals surface area contributed by atoms with E-state index in [2.05, 4.69) is 11.9 Å². The molecule has 2 rings (SSSR count). The first-order valence-electron chi connectivity index (χ1n) is 8.42. The van der Waals surface area contributed by atoms with Gasteiger partial charge >= 0.3 is 0 Å². The van der Waals surface area contributed by atoms with E-state index in [1.54, 1.807) is 6.08 Å². The van der Waals surface area contributed by atoms with Gasteiger partial charge in [0.1, 0.15) is 18.2 Å². The van der Waals surface area contributed by atoms with Gasteiger partial charge in [-0.15, -0.1) is 6.58 Å². The van der Waals surface area contributed by atoms with Crippen LogP contribution in [0.2, 0.25) is 0 Å². The number of benzene rings is 2. The summed E-state index contributed by atoms with van der Waals surface area (Å²) in [6.45, 7) is 5.24. The van der Waals surface area contributed by atoms with Crippen molar-refractivity contribution in [3.63, 3.8) is 0 Å². The Morgan fingerprint density at radius 3 is 2.48 bits per heavy atom. The van der Waals surface area contributed by atoms with Crippen LogP contribution in [0, 0.1) is 17.5 Å². The molecule has 0 saturated heterocycles. The topological polar surface area (TPSA) is 38.3 Å². The van der Waals surface area contributed by atoms with E-state index in [9.17, 15) is 18.0 Å². The molecular formula is C21H20F3NO2. The van der Waals surface area contributed by atoms with Gasteiger partial charge in [-0.1, -0.05) is 24.3 Å². The van der Waals surface area contributed by atoms with Crippen LogP contribution < -0.4 is 10.1 Å². The lowest BCUT2D eigenvalue weighted by Gasteiger charge is -2.08. The van der Waals surface area contributed by atoms with Gasteiger partial charge in [-0.25, -0.2) is 13.2 Å². The molecule has 1 N–H and O–H groups in total. The quantitative estimate of drug-likeness (QED) is 0.379. The third kappa shape index (κ3) is 5.82. The Balaban J connectivity index is 1.96. The maximum absolute atomic E-state index is 14.1. The Kier molecular flexibility index (Phi) is 7.82. The molecule has 0 aliphatic carbocycles. The maximum atomic E-state index is 14.1. The first kappa shape index (κ1) is 20.5. The summed E-state index contributed by atoms with van der Waals surface area (Å²) >= 11 is 0. The average molecular weight is 375 g/mol. The smallest absolute Gasteiger partial charge is 0.199 e. The average Bonchev–Trinajstić information content (AvgIpc) is 2.64. The summed E-state index contributed by atoms with van der Waals surface area (Å²) in [4.78, 5) is 12.2. The molecule has 0 aliphatic heterocycles. The van der Waals surface area contributed by atoms with E-state index in [1.165, 1.54) is 12.1 Å². The van der Waals surface area contributed by atoms with Gasteiger partial charge in [-0.2, -0.15) is 0 Å². The highest BCUT2D eigenvalue weighted by Crippen LogP contribution is 2.22. The number of carbonyl (C=O) groups is 1. The Hall–Kier alpha value is -2.86. The minimum Gasteiger partial charge on any atom is -0.486 e. The number of rotatable bonds is 10. The number of ether oxygens (including phenoxy) is 1. The zero-order valence-electron chi connectivity index (χ0n) is 14.7. The lowest BCUT2D eigenvalue weighted by molar-refractivity contribution is 0.103. The van der Waals surface area contributed by atoms with Crippen molar-refractivity contribution < 1.29 is 22.7 Å². The van der Waals surface area contributed by atoms with Crippen molar-refractivity contribution in [2.45, 2.75) is 6.42 Å². The van der Waals surface area contributed by atoms with Crippen LogP contribution in [0.1, 0.15) is 22.3 Å². The standard InChI is InChI=1S/C21H20F3NO2/c1-2-3-11-25-12-4-5-13-27-19-10-9-15(14-18(19)24)21(26)20-16(22)7-6-8-17(20)23/h2,4-10,14,25H,1,3,11-13H2. The first-order chi connectivity index (χ1) is 13.0. The van der Waals surface area contributed by atoms with E-state index in [1.807, 2.05) is 12.2 Å². The molecule has 6 heteroatoms. The molecule has 3 nitrogen and oxygen atoms in total. The highest BCUT2D eigenvalue weighted by atomic mass is 19.1. The molecular weight excluding hydrogens is 355 g/mol. The summed E-state index contributed by atoms with van der Waals surface area (Å²) < 4.78 is 46.8. The predicted octanol–water partition coefficient (Wildman–Crippen LogP) is 4.44. The normalized spacial score (nSPS) is 10.9. The molecule has 0 aliphatic rings. The second-order valence-electron chi connectivity index (χ2n) is 5.63. The van der Waals surface area contributed by atoms with Crippen molar-refractivity contribution in [2.24, 2.45) is 0 Å². The molecule has 2 aromatic rings. The molecule has 2 aromatic carbocycles. The third-order valence-corrected chi connectivity index (χ3v) is 3.67. The molecule has 27 heavy (non-hydrogen) atoms. The molecule has 0 unspecified atom stereocenters.